The van der Waals surface area contributed by atoms with Crippen molar-refractivity contribution in [2.75, 3.05) is 20.3 Å². The van der Waals surface area contributed by atoms with Crippen LogP contribution in [0.3, 0.4) is 0 Å². The first kappa shape index (κ1) is 14.5. The van der Waals surface area contributed by atoms with Gasteiger partial charge < -0.3 is 9.47 Å². The number of aryl methyl sites for hydroxylation is 2. The molecule has 108 valence electrons. The van der Waals surface area contributed by atoms with Crippen LogP contribution in [0.4, 0.5) is 0 Å². The number of methoxy groups -OCH3 is 1. The first-order valence-electron chi connectivity index (χ1n) is 6.77. The lowest BCUT2D eigenvalue weighted by atomic mass is 9.83. The van der Waals surface area contributed by atoms with Crippen molar-refractivity contribution in [3.05, 3.63) is 18.0 Å². The van der Waals surface area contributed by atoms with Crippen LogP contribution in [0.2, 0.25) is 0 Å². The fraction of sp³-hybridized carbons (Fsp3) is 0.769. The molecule has 0 amide bonds. The molecule has 1 saturated heterocycles. The van der Waals surface area contributed by atoms with Gasteiger partial charge in [0.25, 0.3) is 0 Å². The summed E-state index contributed by atoms with van der Waals surface area (Å²) >= 11 is 0. The monoisotopic (exact) mass is 268 g/mol. The molecule has 2 rings (SSSR count). The van der Waals surface area contributed by atoms with E-state index in [2.05, 4.69) is 10.5 Å². The summed E-state index contributed by atoms with van der Waals surface area (Å²) in [6.45, 7) is 1.47. The van der Waals surface area contributed by atoms with Gasteiger partial charge in [0.15, 0.2) is 0 Å². The second-order valence-electron chi connectivity index (χ2n) is 5.16. The second kappa shape index (κ2) is 6.47. The Balaban J connectivity index is 1.97. The average molecular weight is 268 g/mol. The Kier molecular flexibility index (Phi) is 4.93. The number of aromatic nitrogens is 2. The second-order valence-corrected chi connectivity index (χ2v) is 5.16. The zero-order valence-corrected chi connectivity index (χ0v) is 11.8. The van der Waals surface area contributed by atoms with Crippen LogP contribution in [-0.4, -0.2) is 41.7 Å². The average Bonchev–Trinajstić information content (AvgIpc) is 2.86. The number of hydrazine groups is 1. The summed E-state index contributed by atoms with van der Waals surface area (Å²) in [5.41, 5.74) is 3.94. The molecule has 1 aliphatic heterocycles. The van der Waals surface area contributed by atoms with Gasteiger partial charge >= 0.3 is 0 Å². The smallest absolute Gasteiger partial charge is 0.0888 e. The van der Waals surface area contributed by atoms with Crippen LogP contribution in [0.1, 0.15) is 24.8 Å². The summed E-state index contributed by atoms with van der Waals surface area (Å²) < 4.78 is 13.0. The van der Waals surface area contributed by atoms with E-state index >= 15 is 0 Å². The molecule has 3 N–H and O–H groups in total. The Bertz CT molecular complexity index is 388. The number of nitrogens with one attached hydrogen (secondary N) is 1. The van der Waals surface area contributed by atoms with Crippen LogP contribution in [0, 0.1) is 0 Å². The van der Waals surface area contributed by atoms with Gasteiger partial charge in [-0.1, -0.05) is 0 Å². The topological polar surface area (TPSA) is 74.3 Å². The summed E-state index contributed by atoms with van der Waals surface area (Å²) in [6.07, 6.45) is 7.57. The highest BCUT2D eigenvalue weighted by Crippen LogP contribution is 2.30. The molecule has 1 aromatic heterocycles. The molecule has 0 aromatic carbocycles. The fourth-order valence-electron chi connectivity index (χ4n) is 2.82. The van der Waals surface area contributed by atoms with E-state index in [1.807, 2.05) is 24.1 Å². The predicted octanol–water partition coefficient (Wildman–Crippen LogP) is 0.380. The van der Waals surface area contributed by atoms with E-state index in [9.17, 15) is 0 Å². The maximum atomic E-state index is 5.78. The van der Waals surface area contributed by atoms with Gasteiger partial charge in [-0.05, 0) is 18.4 Å². The third-order valence-electron chi connectivity index (χ3n) is 4.06. The molecule has 6 nitrogen and oxygen atoms in total. The highest BCUT2D eigenvalue weighted by molar-refractivity contribution is 5.05. The molecule has 1 fully saturated rings. The summed E-state index contributed by atoms with van der Waals surface area (Å²) in [5, 5.41) is 4.18. The first-order chi connectivity index (χ1) is 9.20. The number of hydrogen-bond acceptors (Lipinski definition) is 5. The molecule has 1 aromatic rings. The maximum Gasteiger partial charge on any atom is 0.0888 e. The van der Waals surface area contributed by atoms with Gasteiger partial charge in [-0.15, -0.1) is 0 Å². The molecule has 6 heteroatoms. The Morgan fingerprint density at radius 1 is 1.58 bits per heavy atom. The van der Waals surface area contributed by atoms with Gasteiger partial charge in [-0.2, -0.15) is 5.10 Å². The summed E-state index contributed by atoms with van der Waals surface area (Å²) in [4.78, 5) is 0. The lowest BCUT2D eigenvalue weighted by molar-refractivity contribution is -0.111. The van der Waals surface area contributed by atoms with Crippen molar-refractivity contribution >= 4 is 0 Å². The quantitative estimate of drug-likeness (QED) is 0.576. The van der Waals surface area contributed by atoms with Gasteiger partial charge in [0.1, 0.15) is 0 Å². The number of rotatable bonds is 6. The molecule has 1 aliphatic rings. The number of nitrogens with zero attached hydrogens (tertiary/aromatic N) is 2. The zero-order chi connectivity index (χ0) is 13.7. The fourth-order valence-corrected chi connectivity index (χ4v) is 2.82. The van der Waals surface area contributed by atoms with Crippen LogP contribution in [0.25, 0.3) is 0 Å². The van der Waals surface area contributed by atoms with E-state index in [0.29, 0.717) is 0 Å². The van der Waals surface area contributed by atoms with E-state index in [4.69, 9.17) is 15.3 Å². The number of hydrogen-bond donors (Lipinski definition) is 2. The lowest BCUT2D eigenvalue weighted by Gasteiger charge is -2.42. The van der Waals surface area contributed by atoms with Crippen molar-refractivity contribution in [2.24, 2.45) is 12.9 Å². The van der Waals surface area contributed by atoms with E-state index in [1.54, 1.807) is 7.11 Å². The largest absolute Gasteiger partial charge is 0.381 e. The van der Waals surface area contributed by atoms with Gasteiger partial charge in [0.2, 0.25) is 0 Å². The third kappa shape index (κ3) is 3.33. The summed E-state index contributed by atoms with van der Waals surface area (Å²) in [7, 11) is 3.69. The molecule has 0 aliphatic carbocycles. The Hall–Kier alpha value is -0.950. The van der Waals surface area contributed by atoms with Crippen molar-refractivity contribution in [1.29, 1.82) is 0 Å². The van der Waals surface area contributed by atoms with E-state index in [1.165, 1.54) is 5.56 Å². The molecular weight excluding hydrogens is 244 g/mol. The standard InChI is InChI=1S/C13H24N4O2/c1-17-10-11(9-15-17)3-4-12(16-14)13(18-2)5-7-19-8-6-13/h9-10,12,16H,3-8,14H2,1-2H3. The van der Waals surface area contributed by atoms with Gasteiger partial charge in [-0.25, -0.2) is 0 Å². The minimum atomic E-state index is -0.213. The number of ether oxygens (including phenoxy) is 2. The van der Waals surface area contributed by atoms with Crippen LogP contribution in [-0.2, 0) is 22.9 Å². The lowest BCUT2D eigenvalue weighted by Crippen LogP contribution is -2.57. The highest BCUT2D eigenvalue weighted by Gasteiger charge is 2.39. The number of nitrogens with two attached hydrogens (primary N) is 1. The van der Waals surface area contributed by atoms with Crippen LogP contribution < -0.4 is 11.3 Å². The Morgan fingerprint density at radius 2 is 2.32 bits per heavy atom. The predicted molar refractivity (Wildman–Crippen MR) is 72.4 cm³/mol. The van der Waals surface area contributed by atoms with Crippen molar-refractivity contribution < 1.29 is 9.47 Å². The van der Waals surface area contributed by atoms with E-state index in [0.717, 1.165) is 38.9 Å². The minimum Gasteiger partial charge on any atom is -0.381 e. The molecule has 1 unspecified atom stereocenters. The van der Waals surface area contributed by atoms with Gasteiger partial charge in [-0.3, -0.25) is 16.0 Å². The van der Waals surface area contributed by atoms with Crippen molar-refractivity contribution in [1.82, 2.24) is 15.2 Å². The molecule has 0 bridgehead atoms. The molecule has 2 heterocycles. The normalized spacial score (nSPS) is 20.4. The van der Waals surface area contributed by atoms with Crippen LogP contribution >= 0.6 is 0 Å². The Morgan fingerprint density at radius 3 is 2.84 bits per heavy atom. The van der Waals surface area contributed by atoms with Gasteiger partial charge in [0.05, 0.1) is 17.8 Å². The molecule has 0 saturated carbocycles. The van der Waals surface area contributed by atoms with Crippen molar-refractivity contribution in [3.63, 3.8) is 0 Å². The molecule has 0 radical (unpaired) electrons. The summed E-state index contributed by atoms with van der Waals surface area (Å²) in [6, 6.07) is 0.126. The molecular formula is C13H24N4O2. The highest BCUT2D eigenvalue weighted by atomic mass is 16.5. The third-order valence-corrected chi connectivity index (χ3v) is 4.06. The van der Waals surface area contributed by atoms with Crippen LogP contribution in [0.15, 0.2) is 12.4 Å². The van der Waals surface area contributed by atoms with Crippen LogP contribution in [0.5, 0.6) is 0 Å². The Labute approximate surface area is 114 Å². The molecule has 1 atom stereocenters. The first-order valence-corrected chi connectivity index (χ1v) is 6.77. The van der Waals surface area contributed by atoms with Crippen molar-refractivity contribution in [2.45, 2.75) is 37.3 Å². The minimum absolute atomic E-state index is 0.126. The molecule has 19 heavy (non-hydrogen) atoms. The SMILES string of the molecule is COC1(C(CCc2cnn(C)c2)NN)CCOCC1. The zero-order valence-electron chi connectivity index (χ0n) is 11.8. The van der Waals surface area contributed by atoms with Crippen molar-refractivity contribution in [3.8, 4) is 0 Å². The molecule has 0 spiro atoms. The van der Waals surface area contributed by atoms with E-state index < -0.39 is 0 Å². The summed E-state index contributed by atoms with van der Waals surface area (Å²) in [5.74, 6) is 5.74. The maximum absolute atomic E-state index is 5.78. The van der Waals surface area contributed by atoms with E-state index in [-0.39, 0.29) is 11.6 Å². The van der Waals surface area contributed by atoms with Gasteiger partial charge in [0, 0.05) is 46.4 Å².